The van der Waals surface area contributed by atoms with Crippen LogP contribution in [0.3, 0.4) is 0 Å². The molecule has 82 valence electrons. The number of nitro benzene ring substituents is 1. The maximum atomic E-state index is 10.4. The second-order valence-corrected chi connectivity index (χ2v) is 2.60. The van der Waals surface area contributed by atoms with Crippen LogP contribution >= 0.6 is 0 Å². The van der Waals surface area contributed by atoms with Crippen molar-refractivity contribution in [3.05, 3.63) is 39.4 Å². The van der Waals surface area contributed by atoms with Crippen molar-refractivity contribution in [3.8, 4) is 0 Å². The van der Waals surface area contributed by atoms with Crippen LogP contribution in [0.4, 0.5) is 5.69 Å². The fourth-order valence-electron chi connectivity index (χ4n) is 0.952. The number of aromatic carboxylic acids is 2. The molecule has 0 bridgehead atoms. The Morgan fingerprint density at radius 2 is 1.35 bits per heavy atom. The zero-order chi connectivity index (χ0) is 11.6. The van der Waals surface area contributed by atoms with E-state index in [9.17, 15) is 29.9 Å². The molecule has 0 spiro atoms. The number of hydrogen-bond acceptors (Lipinski definition) is 6. The number of nitrogens with zero attached hydrogens (tertiary/aromatic N) is 1. The Bertz CT molecular complexity index is 384. The molecule has 0 fully saturated rings. The van der Waals surface area contributed by atoms with E-state index in [2.05, 4.69) is 0 Å². The van der Waals surface area contributed by atoms with Gasteiger partial charge in [-0.3, -0.25) is 10.1 Å². The van der Waals surface area contributed by atoms with E-state index in [1.807, 2.05) is 0 Å². The summed E-state index contributed by atoms with van der Waals surface area (Å²) in [4.78, 5) is 30.2. The molecular weight excluding hydrogens is 479 g/mol. The fraction of sp³-hybridized carbons (Fsp3) is 0. The van der Waals surface area contributed by atoms with Gasteiger partial charge >= 0.3 is 19.5 Å². The van der Waals surface area contributed by atoms with E-state index >= 15 is 0 Å². The van der Waals surface area contributed by atoms with E-state index in [4.69, 9.17) is 0 Å². The van der Waals surface area contributed by atoms with Crippen LogP contribution in [0.5, 0.6) is 0 Å². The molecule has 0 aliphatic carbocycles. The molecule has 0 aliphatic heterocycles. The molecule has 0 amide bonds. The Balaban J connectivity index is 0. The van der Waals surface area contributed by atoms with Crippen LogP contribution in [0.25, 0.3) is 0 Å². The number of carboxylic acid groups (broad SMARTS) is 2. The number of nitro groups is 1. The van der Waals surface area contributed by atoms with Crippen molar-refractivity contribution in [2.75, 3.05) is 0 Å². The molecule has 1 rings (SSSR count). The third-order valence-corrected chi connectivity index (χ3v) is 1.60. The first-order valence-electron chi connectivity index (χ1n) is 3.64. The molecule has 9 heteroatoms. The third kappa shape index (κ3) is 4.86. The fourth-order valence-corrected chi connectivity index (χ4v) is 0.952. The first-order valence-corrected chi connectivity index (χ1v) is 3.64. The maximum absolute atomic E-state index is 10.4. The summed E-state index contributed by atoms with van der Waals surface area (Å²) < 4.78 is 0. The Kier molecular flexibility index (Phi) is 8.08. The van der Waals surface area contributed by atoms with Gasteiger partial charge in [0.2, 0.25) is 0 Å². The zero-order valence-electron chi connectivity index (χ0n) is 8.34. The van der Waals surface area contributed by atoms with Crippen molar-refractivity contribution in [2.24, 2.45) is 0 Å². The predicted molar refractivity (Wildman–Crippen MR) is 47.5 cm³/mol. The predicted octanol–water partition coefficient (Wildman–Crippen LogP) is -2.06. The van der Waals surface area contributed by atoms with Crippen LogP contribution in [0.2, 0.25) is 0 Å². The number of non-ortho nitro benzene ring substituents is 1. The minimum Gasteiger partial charge on any atom is -0.545 e. The molecule has 0 saturated carbocycles. The van der Waals surface area contributed by atoms with Crippen molar-refractivity contribution in [1.82, 2.24) is 0 Å². The first-order chi connectivity index (χ1) is 6.91. The summed E-state index contributed by atoms with van der Waals surface area (Å²) in [5.41, 5.74) is -1.80. The smallest absolute Gasteiger partial charge is 0.545 e. The molecule has 1 aromatic carbocycles. The molecule has 1 aromatic rings. The molecule has 0 aliphatic rings. The third-order valence-electron chi connectivity index (χ3n) is 1.60. The van der Waals surface area contributed by atoms with Gasteiger partial charge in [-0.05, 0) is 6.07 Å². The second-order valence-electron chi connectivity index (χ2n) is 2.60. The molecule has 0 aromatic heterocycles. The summed E-state index contributed by atoms with van der Waals surface area (Å²) in [6.07, 6.45) is 0. The van der Waals surface area contributed by atoms with Crippen molar-refractivity contribution >= 4 is 44.9 Å². The summed E-state index contributed by atoms with van der Waals surface area (Å²) in [6.45, 7) is 0. The van der Waals surface area contributed by atoms with Crippen LogP contribution < -0.4 is 10.2 Å². The molecule has 7 nitrogen and oxygen atoms in total. The topological polar surface area (TPSA) is 123 Å². The molecule has 17 heavy (non-hydrogen) atoms. The molecule has 0 saturated heterocycles. The van der Waals surface area contributed by atoms with E-state index in [1.165, 1.54) is 0 Å². The summed E-state index contributed by atoms with van der Waals surface area (Å²) >= 11 is 0. The summed E-state index contributed by atoms with van der Waals surface area (Å²) in [6, 6.07) is 2.15. The normalized spacial score (nSPS) is 8.47. The minimum absolute atomic E-state index is 0. The van der Waals surface area contributed by atoms with E-state index in [0.29, 0.717) is 12.1 Å². The standard InChI is InChI=1S/C8H5NO6.Pb.Zn/c10-7(11)4-1-5(8(12)13)3-6(2-4)9(14)15;;/h1-3H,(H,10,11)(H,12,13);;/q;;+2/p-2. The molecule has 0 unspecified atom stereocenters. The monoisotopic (exact) mass is 481 g/mol. The van der Waals surface area contributed by atoms with Gasteiger partial charge in [-0.15, -0.1) is 0 Å². The number of carbonyl (C=O) groups excluding carboxylic acids is 2. The van der Waals surface area contributed by atoms with Gasteiger partial charge < -0.3 is 19.8 Å². The molecular formula is C8H3NO6PbZn. The van der Waals surface area contributed by atoms with Crippen LogP contribution in [0.1, 0.15) is 20.7 Å². The van der Waals surface area contributed by atoms with E-state index in [-0.39, 0.29) is 46.8 Å². The Labute approximate surface area is 128 Å². The average Bonchev–Trinajstić information content (AvgIpc) is 2.16. The van der Waals surface area contributed by atoms with Gasteiger partial charge in [-0.25, -0.2) is 0 Å². The van der Waals surface area contributed by atoms with E-state index < -0.39 is 33.7 Å². The minimum atomic E-state index is -1.69. The summed E-state index contributed by atoms with van der Waals surface area (Å²) in [7, 11) is 0. The second kappa shape index (κ2) is 7.43. The van der Waals surface area contributed by atoms with Gasteiger partial charge in [-0.2, -0.15) is 0 Å². The van der Waals surface area contributed by atoms with Crippen molar-refractivity contribution in [2.45, 2.75) is 0 Å². The average molecular weight is 482 g/mol. The van der Waals surface area contributed by atoms with Gasteiger partial charge in [0.15, 0.2) is 0 Å². The Hall–Kier alpha value is -0.895. The Morgan fingerprint density at radius 3 is 1.59 bits per heavy atom. The first kappa shape index (κ1) is 18.5. The van der Waals surface area contributed by atoms with Gasteiger partial charge in [0.25, 0.3) is 5.69 Å². The largest absolute Gasteiger partial charge is 2.00 e. The van der Waals surface area contributed by atoms with Crippen LogP contribution in [0, 0.1) is 10.1 Å². The van der Waals surface area contributed by atoms with Gasteiger partial charge in [0, 0.05) is 50.6 Å². The SMILES string of the molecule is O=C([O-])c1cc(C(=O)[O-])cc([N+](=O)[O-])c1.[Pb].[Zn+2]. The van der Waals surface area contributed by atoms with Gasteiger partial charge in [0.1, 0.15) is 0 Å². The van der Waals surface area contributed by atoms with Crippen LogP contribution in [-0.2, 0) is 19.5 Å². The van der Waals surface area contributed by atoms with Gasteiger partial charge in [0.05, 0.1) is 16.9 Å². The quantitative estimate of drug-likeness (QED) is 0.278. The van der Waals surface area contributed by atoms with Crippen LogP contribution in [0.15, 0.2) is 18.2 Å². The summed E-state index contributed by atoms with van der Waals surface area (Å²) in [5, 5.41) is 31.1. The summed E-state index contributed by atoms with van der Waals surface area (Å²) in [5.74, 6) is -3.39. The number of carboxylic acids is 2. The number of carbonyl (C=O) groups is 2. The molecule has 0 heterocycles. The molecule has 0 atom stereocenters. The van der Waals surface area contributed by atoms with Crippen molar-refractivity contribution in [1.29, 1.82) is 0 Å². The zero-order valence-corrected chi connectivity index (χ0v) is 15.2. The van der Waals surface area contributed by atoms with E-state index in [1.54, 1.807) is 0 Å². The van der Waals surface area contributed by atoms with Crippen molar-refractivity contribution in [3.63, 3.8) is 0 Å². The number of rotatable bonds is 3. The molecule has 0 N–H and O–H groups in total. The van der Waals surface area contributed by atoms with Crippen molar-refractivity contribution < 1.29 is 44.2 Å². The number of benzene rings is 1. The molecule has 4 radical (unpaired) electrons. The maximum Gasteiger partial charge on any atom is 2.00 e. The Morgan fingerprint density at radius 1 is 1.00 bits per heavy atom. The number of hydrogen-bond donors (Lipinski definition) is 0. The van der Waals surface area contributed by atoms with Gasteiger partial charge in [-0.1, -0.05) is 0 Å². The van der Waals surface area contributed by atoms with E-state index in [0.717, 1.165) is 6.07 Å². The van der Waals surface area contributed by atoms with Crippen LogP contribution in [-0.4, -0.2) is 44.2 Å².